The van der Waals surface area contributed by atoms with Crippen LogP contribution in [0.4, 0.5) is 31.3 Å². The van der Waals surface area contributed by atoms with E-state index in [1.165, 1.54) is 0 Å². The largest absolute Gasteiger partial charge is 0.474 e. The number of benzene rings is 2. The molecule has 1 saturated carbocycles. The van der Waals surface area contributed by atoms with Gasteiger partial charge in [-0.25, -0.2) is 13.2 Å². The van der Waals surface area contributed by atoms with Crippen LogP contribution in [0.3, 0.4) is 0 Å². The van der Waals surface area contributed by atoms with Gasteiger partial charge in [-0.05, 0) is 87.7 Å². The molecular formula is C35H34F6N6O2S. The first-order chi connectivity index (χ1) is 23.9. The van der Waals surface area contributed by atoms with Gasteiger partial charge in [0, 0.05) is 23.9 Å². The molecule has 1 unspecified atom stereocenters. The van der Waals surface area contributed by atoms with Crippen molar-refractivity contribution in [3.8, 4) is 29.1 Å². The van der Waals surface area contributed by atoms with Crippen LogP contribution in [0, 0.1) is 28.4 Å². The summed E-state index contributed by atoms with van der Waals surface area (Å²) in [7, 11) is 0. The number of thiophene rings is 1. The highest BCUT2D eigenvalue weighted by atomic mass is 32.1. The standard InChI is InChI=1S/C35H34F6N6O2S/c36-18-13-34(5-1-11-47(34)16-18)17-48-32-45-28-21(31(46-32)49-19-4-6-33(14-19)7-9-44-10-8-33)12-23(35(39,40)41)26(27(28)38)20-2-3-24(37)29-25(20)22(15-42)30(43)50-29/h2-3,12,18-19,44H,1,4-11,13-14,16-17,43H2/t18-,19?,34+/m1/s1. The monoisotopic (exact) mass is 716 g/mol. The van der Waals surface area contributed by atoms with E-state index >= 15 is 4.39 Å². The number of aromatic nitrogens is 2. The summed E-state index contributed by atoms with van der Waals surface area (Å²) in [4.78, 5) is 10.8. The zero-order chi connectivity index (χ0) is 35.0. The summed E-state index contributed by atoms with van der Waals surface area (Å²) in [6.45, 7) is 2.71. The van der Waals surface area contributed by atoms with Crippen LogP contribution in [0.1, 0.15) is 62.5 Å². The second kappa shape index (κ2) is 12.1. The summed E-state index contributed by atoms with van der Waals surface area (Å²) in [6, 6.07) is 4.21. The molecule has 2 aromatic heterocycles. The van der Waals surface area contributed by atoms with Crippen LogP contribution in [0.15, 0.2) is 18.2 Å². The minimum atomic E-state index is -5.09. The molecule has 0 radical (unpaired) electrons. The summed E-state index contributed by atoms with van der Waals surface area (Å²) in [5.41, 5.74) is 2.03. The molecule has 4 aromatic rings. The van der Waals surface area contributed by atoms with Gasteiger partial charge in [0.1, 0.15) is 41.3 Å². The van der Waals surface area contributed by atoms with Crippen molar-refractivity contribution in [2.45, 2.75) is 75.4 Å². The number of alkyl halides is 4. The highest BCUT2D eigenvalue weighted by molar-refractivity contribution is 7.23. The second-order valence-corrected chi connectivity index (χ2v) is 15.2. The SMILES string of the molecule is N#Cc1c(N)sc2c(F)ccc(-c3c(C(F)(F)F)cc4c(OC5CCC6(CCNCC6)C5)nc(OC[C@@]56CCCN5C[C@H](F)C6)nc4c3F)c12. The topological polar surface area (TPSA) is 109 Å². The van der Waals surface area contributed by atoms with Gasteiger partial charge in [-0.15, -0.1) is 11.3 Å². The Labute approximate surface area is 287 Å². The lowest BCUT2D eigenvalue weighted by molar-refractivity contribution is -0.137. The zero-order valence-electron chi connectivity index (χ0n) is 26.9. The minimum Gasteiger partial charge on any atom is -0.474 e. The first-order valence-corrected chi connectivity index (χ1v) is 17.6. The van der Waals surface area contributed by atoms with Crippen LogP contribution >= 0.6 is 11.3 Å². The number of anilines is 1. The van der Waals surface area contributed by atoms with Gasteiger partial charge in [0.25, 0.3) is 0 Å². The number of rotatable bonds is 6. The number of ether oxygens (including phenoxy) is 2. The number of nitrogen functional groups attached to an aromatic ring is 1. The van der Waals surface area contributed by atoms with Crippen molar-refractivity contribution in [1.29, 1.82) is 5.26 Å². The Morgan fingerprint density at radius 1 is 1.12 bits per heavy atom. The van der Waals surface area contributed by atoms with Crippen LogP contribution in [0.2, 0.25) is 0 Å². The molecule has 3 saturated heterocycles. The minimum absolute atomic E-state index is 0.00527. The van der Waals surface area contributed by atoms with Gasteiger partial charge in [-0.1, -0.05) is 6.07 Å². The van der Waals surface area contributed by atoms with Crippen LogP contribution in [0.5, 0.6) is 11.9 Å². The van der Waals surface area contributed by atoms with Crippen LogP contribution in [0.25, 0.3) is 32.1 Å². The fraction of sp³-hybridized carbons (Fsp3) is 0.514. The number of nitrogens with one attached hydrogen (secondary N) is 1. The predicted octanol–water partition coefficient (Wildman–Crippen LogP) is 7.52. The van der Waals surface area contributed by atoms with E-state index in [-0.39, 0.29) is 74.6 Å². The lowest BCUT2D eigenvalue weighted by atomic mass is 9.77. The van der Waals surface area contributed by atoms with Crippen molar-refractivity contribution in [1.82, 2.24) is 20.2 Å². The molecule has 0 bridgehead atoms. The smallest absolute Gasteiger partial charge is 0.417 e. The van der Waals surface area contributed by atoms with E-state index in [2.05, 4.69) is 15.3 Å². The van der Waals surface area contributed by atoms with Gasteiger partial charge in [0.15, 0.2) is 5.82 Å². The van der Waals surface area contributed by atoms with Gasteiger partial charge in [-0.3, -0.25) is 4.90 Å². The van der Waals surface area contributed by atoms with E-state index in [9.17, 15) is 27.2 Å². The number of nitrogens with zero attached hydrogens (tertiary/aromatic N) is 4. The molecule has 5 heterocycles. The first kappa shape index (κ1) is 33.3. The fourth-order valence-electron chi connectivity index (χ4n) is 8.80. The van der Waals surface area contributed by atoms with Crippen molar-refractivity contribution in [3.05, 3.63) is 41.0 Å². The third-order valence-electron chi connectivity index (χ3n) is 11.2. The normalized spacial score (nSPS) is 25.1. The van der Waals surface area contributed by atoms with E-state index < -0.39 is 46.2 Å². The molecule has 4 aliphatic rings. The Hall–Kier alpha value is -3.87. The van der Waals surface area contributed by atoms with Crippen molar-refractivity contribution in [2.24, 2.45) is 5.41 Å². The van der Waals surface area contributed by atoms with E-state index in [0.717, 1.165) is 57.0 Å². The molecule has 3 aliphatic heterocycles. The lowest BCUT2D eigenvalue weighted by Crippen LogP contribution is -2.43. The maximum Gasteiger partial charge on any atom is 0.417 e. The number of fused-ring (bicyclic) bond motifs is 3. The molecule has 8 rings (SSSR count). The third kappa shape index (κ3) is 5.50. The molecule has 1 spiro atoms. The number of piperidine rings is 1. The molecule has 50 heavy (non-hydrogen) atoms. The van der Waals surface area contributed by atoms with E-state index in [0.29, 0.717) is 37.1 Å². The summed E-state index contributed by atoms with van der Waals surface area (Å²) in [5.74, 6) is -2.41. The van der Waals surface area contributed by atoms with Crippen molar-refractivity contribution < 1.29 is 35.8 Å². The van der Waals surface area contributed by atoms with Crippen LogP contribution in [-0.2, 0) is 6.18 Å². The lowest BCUT2D eigenvalue weighted by Gasteiger charge is -2.33. The molecule has 264 valence electrons. The molecule has 3 atom stereocenters. The van der Waals surface area contributed by atoms with Crippen LogP contribution < -0.4 is 20.5 Å². The number of hydrogen-bond donors (Lipinski definition) is 2. The molecule has 4 fully saturated rings. The van der Waals surface area contributed by atoms with Gasteiger partial charge in [0.2, 0.25) is 5.88 Å². The Morgan fingerprint density at radius 2 is 1.92 bits per heavy atom. The van der Waals surface area contributed by atoms with E-state index in [1.807, 2.05) is 11.0 Å². The quantitative estimate of drug-likeness (QED) is 0.197. The molecule has 0 amide bonds. The first-order valence-electron chi connectivity index (χ1n) is 16.8. The molecule has 8 nitrogen and oxygen atoms in total. The summed E-state index contributed by atoms with van der Waals surface area (Å²) in [6.07, 6.45) is -0.628. The maximum atomic E-state index is 17.0. The van der Waals surface area contributed by atoms with Crippen LogP contribution in [-0.4, -0.2) is 65.5 Å². The Balaban J connectivity index is 1.29. The molecule has 1 aliphatic carbocycles. The zero-order valence-corrected chi connectivity index (χ0v) is 27.8. The van der Waals surface area contributed by atoms with Gasteiger partial charge >= 0.3 is 12.2 Å². The van der Waals surface area contributed by atoms with E-state index in [1.54, 1.807) is 0 Å². The van der Waals surface area contributed by atoms with Crippen molar-refractivity contribution in [2.75, 3.05) is 38.5 Å². The summed E-state index contributed by atoms with van der Waals surface area (Å²) >= 11 is 0.695. The molecule has 3 N–H and O–H groups in total. The highest BCUT2D eigenvalue weighted by Crippen LogP contribution is 2.50. The molecule has 15 heteroatoms. The van der Waals surface area contributed by atoms with Gasteiger partial charge in [0.05, 0.1) is 26.8 Å². The number of hydrogen-bond acceptors (Lipinski definition) is 9. The summed E-state index contributed by atoms with van der Waals surface area (Å²) < 4.78 is 104. The van der Waals surface area contributed by atoms with Gasteiger partial charge in [-0.2, -0.15) is 28.4 Å². The maximum absolute atomic E-state index is 17.0. The van der Waals surface area contributed by atoms with Crippen molar-refractivity contribution in [3.63, 3.8) is 0 Å². The third-order valence-corrected chi connectivity index (χ3v) is 12.2. The Morgan fingerprint density at radius 3 is 2.68 bits per heavy atom. The van der Waals surface area contributed by atoms with Crippen molar-refractivity contribution >= 4 is 37.3 Å². The number of nitrogens with two attached hydrogens (primary N) is 1. The van der Waals surface area contributed by atoms with E-state index in [4.69, 9.17) is 15.2 Å². The number of halogens is 6. The average Bonchev–Trinajstić information content (AvgIpc) is 3.82. The molecule has 2 aromatic carbocycles. The Kier molecular flexibility index (Phi) is 8.07. The second-order valence-electron chi connectivity index (χ2n) is 14.2. The fourth-order valence-corrected chi connectivity index (χ4v) is 9.75. The summed E-state index contributed by atoms with van der Waals surface area (Å²) in [5, 5.41) is 12.6. The Bertz CT molecular complexity index is 2040. The highest BCUT2D eigenvalue weighted by Gasteiger charge is 2.49. The predicted molar refractivity (Wildman–Crippen MR) is 176 cm³/mol. The number of nitriles is 1. The van der Waals surface area contributed by atoms with Gasteiger partial charge < -0.3 is 20.5 Å². The average molecular weight is 717 g/mol. The molecular weight excluding hydrogens is 682 g/mol.